The Labute approximate surface area is 195 Å². The fraction of sp³-hybridized carbons (Fsp3) is 0.560. The highest BCUT2D eigenvalue weighted by atomic mass is 16.2. The molecule has 1 aliphatic carbocycles. The summed E-state index contributed by atoms with van der Waals surface area (Å²) in [7, 11) is 1.89. The summed E-state index contributed by atoms with van der Waals surface area (Å²) >= 11 is 0. The van der Waals surface area contributed by atoms with Gasteiger partial charge in [-0.3, -0.25) is 14.6 Å². The summed E-state index contributed by atoms with van der Waals surface area (Å²) in [4.78, 5) is 41.9. The highest BCUT2D eigenvalue weighted by Crippen LogP contribution is 2.35. The Morgan fingerprint density at radius 2 is 2.15 bits per heavy atom. The molecule has 1 N–H and O–H groups in total. The van der Waals surface area contributed by atoms with Crippen molar-refractivity contribution in [1.82, 2.24) is 14.8 Å². The second-order valence-corrected chi connectivity index (χ2v) is 9.72. The fourth-order valence-electron chi connectivity index (χ4n) is 4.82. The number of aromatic nitrogens is 1. The number of nitrogens with one attached hydrogen (secondary N) is 1. The minimum absolute atomic E-state index is 0.00651. The number of likely N-dealkylation sites (N-methyl/N-ethyl adjacent to an activating group) is 1. The van der Waals surface area contributed by atoms with Gasteiger partial charge in [-0.1, -0.05) is 6.42 Å². The molecule has 0 spiro atoms. The standard InChI is InChI=1S/C25H34N6O2/c1-17(13-27-16-26-3)25(2)10-8-19-12-20(14-28-22(19)29-25)24(33)31-11-9-21(15-31)30(4)23(32)18-6-5-7-18/h12-14,16,18,21H,3,5-11,15H2,1-2,4H3,(H,28,29)/b17-13+,27-16-/t21-,25+/m0/s1. The molecule has 0 bridgehead atoms. The molecule has 1 saturated carbocycles. The van der Waals surface area contributed by atoms with Crippen LogP contribution in [0.25, 0.3) is 0 Å². The van der Waals surface area contributed by atoms with Crippen LogP contribution in [0.2, 0.25) is 0 Å². The van der Waals surface area contributed by atoms with Gasteiger partial charge in [-0.2, -0.15) is 0 Å². The second kappa shape index (κ2) is 9.45. The van der Waals surface area contributed by atoms with Crippen LogP contribution in [0.5, 0.6) is 0 Å². The van der Waals surface area contributed by atoms with Gasteiger partial charge >= 0.3 is 0 Å². The number of anilines is 1. The first-order valence-corrected chi connectivity index (χ1v) is 11.8. The Bertz CT molecular complexity index is 999. The van der Waals surface area contributed by atoms with E-state index < -0.39 is 0 Å². The molecule has 0 radical (unpaired) electrons. The van der Waals surface area contributed by atoms with Crippen molar-refractivity contribution in [3.05, 3.63) is 35.2 Å². The van der Waals surface area contributed by atoms with Crippen molar-refractivity contribution < 1.29 is 9.59 Å². The molecule has 1 saturated heterocycles. The monoisotopic (exact) mass is 450 g/mol. The SMILES string of the molecule is C=N/C=N\C=C(/C)[C@@]1(C)CCc2cc(C(=O)N3CC[C@H](N(C)C(=O)C4CCC4)C3)cnc2N1. The Morgan fingerprint density at radius 1 is 1.36 bits per heavy atom. The summed E-state index contributed by atoms with van der Waals surface area (Å²) in [5.41, 5.74) is 2.49. The van der Waals surface area contributed by atoms with Crippen molar-refractivity contribution in [1.29, 1.82) is 0 Å². The number of carbonyl (C=O) groups is 2. The third-order valence-electron chi connectivity index (χ3n) is 7.59. The lowest BCUT2D eigenvalue weighted by Gasteiger charge is -2.37. The number of hydrogen-bond donors (Lipinski definition) is 1. The second-order valence-electron chi connectivity index (χ2n) is 9.72. The lowest BCUT2D eigenvalue weighted by Crippen LogP contribution is -2.44. The largest absolute Gasteiger partial charge is 0.361 e. The Hall–Kier alpha value is -3.03. The Balaban J connectivity index is 1.41. The van der Waals surface area contributed by atoms with Crippen LogP contribution in [-0.4, -0.2) is 71.4 Å². The molecule has 0 aromatic carbocycles. The fourth-order valence-corrected chi connectivity index (χ4v) is 4.82. The first-order valence-electron chi connectivity index (χ1n) is 11.8. The summed E-state index contributed by atoms with van der Waals surface area (Å²) in [5, 5.41) is 3.52. The maximum atomic E-state index is 13.2. The molecule has 2 aliphatic heterocycles. The third kappa shape index (κ3) is 4.70. The Morgan fingerprint density at radius 3 is 2.85 bits per heavy atom. The predicted octanol–water partition coefficient (Wildman–Crippen LogP) is 3.30. The van der Waals surface area contributed by atoms with E-state index in [0.717, 1.165) is 55.5 Å². The van der Waals surface area contributed by atoms with Gasteiger partial charge in [-0.05, 0) is 69.9 Å². The van der Waals surface area contributed by atoms with Gasteiger partial charge in [0, 0.05) is 38.5 Å². The van der Waals surface area contributed by atoms with Crippen molar-refractivity contribution in [2.75, 3.05) is 25.5 Å². The van der Waals surface area contributed by atoms with Gasteiger partial charge in [0.1, 0.15) is 12.2 Å². The number of aryl methyl sites for hydroxylation is 1. The molecule has 33 heavy (non-hydrogen) atoms. The molecular formula is C25H34N6O2. The minimum atomic E-state index is -0.260. The van der Waals surface area contributed by atoms with Crippen LogP contribution in [0.1, 0.15) is 61.9 Å². The van der Waals surface area contributed by atoms with Crippen LogP contribution in [0, 0.1) is 5.92 Å². The van der Waals surface area contributed by atoms with E-state index >= 15 is 0 Å². The smallest absolute Gasteiger partial charge is 0.255 e. The third-order valence-corrected chi connectivity index (χ3v) is 7.59. The lowest BCUT2D eigenvalue weighted by atomic mass is 9.83. The van der Waals surface area contributed by atoms with E-state index in [1.807, 2.05) is 29.8 Å². The van der Waals surface area contributed by atoms with E-state index in [1.54, 1.807) is 12.4 Å². The van der Waals surface area contributed by atoms with Crippen LogP contribution < -0.4 is 5.32 Å². The van der Waals surface area contributed by atoms with Crippen LogP contribution in [-0.2, 0) is 11.2 Å². The first-order chi connectivity index (χ1) is 15.8. The van der Waals surface area contributed by atoms with Crippen molar-refractivity contribution in [3.63, 3.8) is 0 Å². The number of hydrogen-bond acceptors (Lipinski definition) is 5. The first kappa shape index (κ1) is 23.1. The number of rotatable bonds is 6. The zero-order chi connectivity index (χ0) is 23.6. The van der Waals surface area contributed by atoms with Gasteiger partial charge in [0.25, 0.3) is 5.91 Å². The van der Waals surface area contributed by atoms with Crippen molar-refractivity contribution in [3.8, 4) is 0 Å². The van der Waals surface area contributed by atoms with E-state index in [2.05, 4.69) is 33.9 Å². The molecule has 176 valence electrons. The highest BCUT2D eigenvalue weighted by Gasteiger charge is 2.36. The van der Waals surface area contributed by atoms with Crippen molar-refractivity contribution >= 4 is 30.7 Å². The van der Waals surface area contributed by atoms with E-state index in [-0.39, 0.29) is 29.3 Å². The molecule has 2 fully saturated rings. The van der Waals surface area contributed by atoms with E-state index in [4.69, 9.17) is 0 Å². The summed E-state index contributed by atoms with van der Waals surface area (Å²) in [6.45, 7) is 8.82. The quantitative estimate of drug-likeness (QED) is 0.532. The summed E-state index contributed by atoms with van der Waals surface area (Å²) in [6.07, 6.45) is 10.5. The zero-order valence-electron chi connectivity index (χ0n) is 19.9. The summed E-state index contributed by atoms with van der Waals surface area (Å²) < 4.78 is 0. The number of fused-ring (bicyclic) bond motifs is 1. The maximum Gasteiger partial charge on any atom is 0.255 e. The number of nitrogens with zero attached hydrogens (tertiary/aromatic N) is 5. The number of amides is 2. The van der Waals surface area contributed by atoms with Gasteiger partial charge in [-0.15, -0.1) is 0 Å². The molecule has 0 unspecified atom stereocenters. The van der Waals surface area contributed by atoms with Crippen LogP contribution in [0.4, 0.5) is 5.82 Å². The number of likely N-dealkylation sites (tertiary alicyclic amines) is 1. The van der Waals surface area contributed by atoms with E-state index in [9.17, 15) is 9.59 Å². The molecule has 3 aliphatic rings. The zero-order valence-corrected chi connectivity index (χ0v) is 19.9. The molecule has 2 amide bonds. The molecule has 4 rings (SSSR count). The molecule has 3 heterocycles. The minimum Gasteiger partial charge on any atom is -0.361 e. The van der Waals surface area contributed by atoms with Crippen LogP contribution in [0.15, 0.2) is 34.0 Å². The number of aliphatic imine (C=N–C) groups is 2. The topological polar surface area (TPSA) is 90.3 Å². The molecule has 1 aromatic rings. The summed E-state index contributed by atoms with van der Waals surface area (Å²) in [6, 6.07) is 2.07. The average molecular weight is 451 g/mol. The van der Waals surface area contributed by atoms with Gasteiger partial charge < -0.3 is 15.1 Å². The van der Waals surface area contributed by atoms with Crippen molar-refractivity contribution in [2.24, 2.45) is 15.9 Å². The van der Waals surface area contributed by atoms with Gasteiger partial charge in [-0.25, -0.2) is 9.98 Å². The lowest BCUT2D eigenvalue weighted by molar-refractivity contribution is -0.138. The van der Waals surface area contributed by atoms with Gasteiger partial charge in [0.15, 0.2) is 0 Å². The normalized spacial score (nSPS) is 25.4. The molecule has 8 nitrogen and oxygen atoms in total. The van der Waals surface area contributed by atoms with Crippen LogP contribution in [0.3, 0.4) is 0 Å². The number of pyridine rings is 1. The van der Waals surface area contributed by atoms with E-state index in [0.29, 0.717) is 18.7 Å². The van der Waals surface area contributed by atoms with Gasteiger partial charge in [0.05, 0.1) is 17.1 Å². The van der Waals surface area contributed by atoms with Crippen molar-refractivity contribution in [2.45, 2.75) is 64.0 Å². The molecule has 8 heteroatoms. The average Bonchev–Trinajstić information content (AvgIpc) is 3.26. The van der Waals surface area contributed by atoms with Gasteiger partial charge in [0.2, 0.25) is 5.91 Å². The molecular weight excluding hydrogens is 416 g/mol. The Kier molecular flexibility index (Phi) is 6.63. The van der Waals surface area contributed by atoms with Crippen LogP contribution >= 0.6 is 0 Å². The summed E-state index contributed by atoms with van der Waals surface area (Å²) in [5.74, 6) is 1.23. The maximum absolute atomic E-state index is 13.2. The molecule has 1 aromatic heterocycles. The molecule has 2 atom stereocenters. The predicted molar refractivity (Wildman–Crippen MR) is 131 cm³/mol. The number of carbonyl (C=O) groups excluding carboxylic acids is 2. The highest BCUT2D eigenvalue weighted by molar-refractivity contribution is 5.94. The van der Waals surface area contributed by atoms with E-state index in [1.165, 1.54) is 6.34 Å².